The monoisotopic (exact) mass is 351 g/mol. The third-order valence-corrected chi connectivity index (χ3v) is 4.74. The summed E-state index contributed by atoms with van der Waals surface area (Å²) in [6.07, 6.45) is 1.58. The molecule has 1 aromatic heterocycles. The van der Waals surface area contributed by atoms with Crippen LogP contribution in [0.25, 0.3) is 10.9 Å². The van der Waals surface area contributed by atoms with Crippen molar-refractivity contribution in [2.24, 2.45) is 0 Å². The highest BCUT2D eigenvalue weighted by Crippen LogP contribution is 2.30. The van der Waals surface area contributed by atoms with Crippen LogP contribution in [0, 0.1) is 12.7 Å². The second-order valence-corrected chi connectivity index (χ2v) is 6.87. The zero-order valence-corrected chi connectivity index (χ0v) is 13.5. The maximum atomic E-state index is 13.0. The molecule has 0 fully saturated rings. The summed E-state index contributed by atoms with van der Waals surface area (Å²) < 4.78 is 43.1. The highest BCUT2D eigenvalue weighted by Gasteiger charge is 2.22. The molecule has 1 heterocycles. The lowest BCUT2D eigenvalue weighted by Crippen LogP contribution is -2.11. The number of benzene rings is 2. The van der Waals surface area contributed by atoms with Crippen molar-refractivity contribution in [2.75, 3.05) is 0 Å². The van der Waals surface area contributed by atoms with E-state index in [2.05, 4.69) is 4.98 Å². The van der Waals surface area contributed by atoms with Crippen LogP contribution in [0.5, 0.6) is 5.75 Å². The van der Waals surface area contributed by atoms with E-state index in [4.69, 9.17) is 15.8 Å². The number of fused-ring (bicyclic) bond motifs is 1. The number of aryl methyl sites for hydroxylation is 1. The molecule has 0 amide bonds. The average Bonchev–Trinajstić information content (AvgIpc) is 2.49. The number of hydrogen-bond acceptors (Lipinski definition) is 4. The van der Waals surface area contributed by atoms with E-state index < -0.39 is 15.9 Å². The van der Waals surface area contributed by atoms with Gasteiger partial charge in [-0.2, -0.15) is 8.42 Å². The summed E-state index contributed by atoms with van der Waals surface area (Å²) in [4.78, 5) is 4.10. The third-order valence-electron chi connectivity index (χ3n) is 3.17. The van der Waals surface area contributed by atoms with Crippen LogP contribution in [0.2, 0.25) is 5.02 Å². The van der Waals surface area contributed by atoms with Gasteiger partial charge in [0.15, 0.2) is 5.75 Å². The number of pyridine rings is 1. The highest BCUT2D eigenvalue weighted by atomic mass is 35.5. The van der Waals surface area contributed by atoms with Crippen LogP contribution in [0.1, 0.15) is 5.56 Å². The molecule has 23 heavy (non-hydrogen) atoms. The zero-order chi connectivity index (χ0) is 16.6. The number of hydrogen-bond donors (Lipinski definition) is 0. The molecule has 0 aliphatic heterocycles. The SMILES string of the molecule is Cc1cnc2c(S(=O)(=O)Oc3ccc(F)cc3Cl)cccc2c1. The normalized spacial score (nSPS) is 11.6. The Morgan fingerprint density at radius 2 is 1.96 bits per heavy atom. The van der Waals surface area contributed by atoms with Crippen molar-refractivity contribution in [3.8, 4) is 5.75 Å². The van der Waals surface area contributed by atoms with E-state index in [1.807, 2.05) is 13.0 Å². The van der Waals surface area contributed by atoms with Gasteiger partial charge in [0.25, 0.3) is 0 Å². The summed E-state index contributed by atoms with van der Waals surface area (Å²) in [6, 6.07) is 9.81. The standard InChI is InChI=1S/C16H11ClFNO3S/c1-10-7-11-3-2-4-15(16(11)19-9-10)23(20,21)22-14-6-5-12(18)8-13(14)17/h2-9H,1H3. The first-order valence-corrected chi connectivity index (χ1v) is 8.40. The minimum atomic E-state index is -4.16. The molecule has 0 aliphatic carbocycles. The lowest BCUT2D eigenvalue weighted by atomic mass is 10.2. The van der Waals surface area contributed by atoms with Gasteiger partial charge in [0.05, 0.1) is 10.5 Å². The van der Waals surface area contributed by atoms with Crippen molar-refractivity contribution < 1.29 is 17.0 Å². The lowest BCUT2D eigenvalue weighted by Gasteiger charge is -2.10. The van der Waals surface area contributed by atoms with Gasteiger partial charge in [-0.1, -0.05) is 23.7 Å². The van der Waals surface area contributed by atoms with Crippen molar-refractivity contribution in [1.82, 2.24) is 4.98 Å². The topological polar surface area (TPSA) is 56.3 Å². The summed E-state index contributed by atoms with van der Waals surface area (Å²) in [5.41, 5.74) is 1.21. The van der Waals surface area contributed by atoms with Gasteiger partial charge < -0.3 is 4.18 Å². The van der Waals surface area contributed by atoms with E-state index in [-0.39, 0.29) is 15.7 Å². The first-order valence-electron chi connectivity index (χ1n) is 6.62. The predicted octanol–water partition coefficient (Wildman–Crippen LogP) is 4.10. The molecule has 118 valence electrons. The first kappa shape index (κ1) is 15.7. The molecule has 2 aromatic carbocycles. The fourth-order valence-electron chi connectivity index (χ4n) is 2.15. The van der Waals surface area contributed by atoms with Crippen LogP contribution in [-0.4, -0.2) is 13.4 Å². The molecule has 0 saturated heterocycles. The van der Waals surface area contributed by atoms with Crippen molar-refractivity contribution in [2.45, 2.75) is 11.8 Å². The fourth-order valence-corrected chi connectivity index (χ4v) is 3.53. The van der Waals surface area contributed by atoms with Gasteiger partial charge in [-0.15, -0.1) is 0 Å². The summed E-state index contributed by atoms with van der Waals surface area (Å²) in [6.45, 7) is 1.86. The largest absolute Gasteiger partial charge is 0.377 e. The molecule has 0 aliphatic rings. The highest BCUT2D eigenvalue weighted by molar-refractivity contribution is 7.87. The predicted molar refractivity (Wildman–Crippen MR) is 85.7 cm³/mol. The number of rotatable bonds is 3. The first-order chi connectivity index (χ1) is 10.9. The second kappa shape index (κ2) is 5.79. The minimum Gasteiger partial charge on any atom is -0.377 e. The molecule has 0 radical (unpaired) electrons. The Bertz CT molecular complexity index is 1010. The van der Waals surface area contributed by atoms with E-state index in [1.54, 1.807) is 18.3 Å². The maximum Gasteiger partial charge on any atom is 0.341 e. The molecule has 0 bridgehead atoms. The van der Waals surface area contributed by atoms with E-state index in [0.717, 1.165) is 23.8 Å². The smallest absolute Gasteiger partial charge is 0.341 e. The molecule has 0 N–H and O–H groups in total. The molecule has 3 aromatic rings. The second-order valence-electron chi connectivity index (χ2n) is 4.95. The fraction of sp³-hybridized carbons (Fsp3) is 0.0625. The van der Waals surface area contributed by atoms with Gasteiger partial charge in [0.1, 0.15) is 10.7 Å². The Balaban J connectivity index is 2.10. The Kier molecular flexibility index (Phi) is 3.95. The van der Waals surface area contributed by atoms with Crippen LogP contribution in [0.3, 0.4) is 0 Å². The van der Waals surface area contributed by atoms with Gasteiger partial charge in [0, 0.05) is 11.6 Å². The lowest BCUT2D eigenvalue weighted by molar-refractivity contribution is 0.486. The summed E-state index contributed by atoms with van der Waals surface area (Å²) in [5.74, 6) is -0.723. The molecule has 0 unspecified atom stereocenters. The zero-order valence-electron chi connectivity index (χ0n) is 12.0. The van der Waals surface area contributed by atoms with Crippen LogP contribution in [-0.2, 0) is 10.1 Å². The van der Waals surface area contributed by atoms with Crippen molar-refractivity contribution in [3.63, 3.8) is 0 Å². The summed E-state index contributed by atoms with van der Waals surface area (Å²) in [5, 5.41) is 0.553. The maximum absolute atomic E-state index is 13.0. The Labute approximate surface area is 137 Å². The van der Waals surface area contributed by atoms with E-state index >= 15 is 0 Å². The van der Waals surface area contributed by atoms with Crippen LogP contribution >= 0.6 is 11.6 Å². The van der Waals surface area contributed by atoms with Crippen molar-refractivity contribution in [3.05, 3.63) is 65.1 Å². The van der Waals surface area contributed by atoms with Gasteiger partial charge in [-0.25, -0.2) is 4.39 Å². The Morgan fingerprint density at radius 3 is 2.70 bits per heavy atom. The Morgan fingerprint density at radius 1 is 1.17 bits per heavy atom. The van der Waals surface area contributed by atoms with Crippen molar-refractivity contribution in [1.29, 1.82) is 0 Å². The van der Waals surface area contributed by atoms with Gasteiger partial charge in [0.2, 0.25) is 0 Å². The molecule has 7 heteroatoms. The molecule has 4 nitrogen and oxygen atoms in total. The third kappa shape index (κ3) is 3.13. The van der Waals surface area contributed by atoms with E-state index in [0.29, 0.717) is 10.9 Å². The van der Waals surface area contributed by atoms with Gasteiger partial charge >= 0.3 is 10.1 Å². The van der Waals surface area contributed by atoms with Gasteiger partial charge in [-0.05, 0) is 42.8 Å². The van der Waals surface area contributed by atoms with Crippen LogP contribution in [0.4, 0.5) is 4.39 Å². The molecule has 3 rings (SSSR count). The van der Waals surface area contributed by atoms with E-state index in [9.17, 15) is 12.8 Å². The average molecular weight is 352 g/mol. The van der Waals surface area contributed by atoms with Crippen LogP contribution in [0.15, 0.2) is 53.6 Å². The number of para-hydroxylation sites is 1. The van der Waals surface area contributed by atoms with Crippen molar-refractivity contribution >= 4 is 32.6 Å². The molecule has 0 saturated carbocycles. The molecule has 0 atom stereocenters. The van der Waals surface area contributed by atoms with Crippen LogP contribution < -0.4 is 4.18 Å². The van der Waals surface area contributed by atoms with Gasteiger partial charge in [-0.3, -0.25) is 4.98 Å². The molecular weight excluding hydrogens is 341 g/mol. The quantitative estimate of drug-likeness (QED) is 0.666. The molecule has 0 spiro atoms. The van der Waals surface area contributed by atoms with E-state index in [1.165, 1.54) is 6.07 Å². The Hall–Kier alpha value is -2.18. The molecular formula is C16H11ClFNO3S. The number of nitrogens with zero attached hydrogens (tertiary/aromatic N) is 1. The number of aromatic nitrogens is 1. The summed E-state index contributed by atoms with van der Waals surface area (Å²) in [7, 11) is -4.16. The summed E-state index contributed by atoms with van der Waals surface area (Å²) >= 11 is 5.82. The minimum absolute atomic E-state index is 0.0737. The number of halogens is 2.